The van der Waals surface area contributed by atoms with Crippen LogP contribution in [0.15, 0.2) is 0 Å². The van der Waals surface area contributed by atoms with Crippen molar-refractivity contribution in [1.29, 1.82) is 0 Å². The van der Waals surface area contributed by atoms with Gasteiger partial charge in [0.1, 0.15) is 0 Å². The number of aliphatic hydroxyl groups is 2. The van der Waals surface area contributed by atoms with Gasteiger partial charge in [-0.1, -0.05) is 0 Å². The normalized spacial score (nSPS) is 21.1. The fourth-order valence-corrected chi connectivity index (χ4v) is 2.77. The van der Waals surface area contributed by atoms with Crippen LogP contribution in [-0.4, -0.2) is 58.8 Å². The van der Waals surface area contributed by atoms with E-state index in [4.69, 9.17) is 10.2 Å². The van der Waals surface area contributed by atoms with Crippen LogP contribution in [0, 0.1) is 5.92 Å². The van der Waals surface area contributed by atoms with Crippen molar-refractivity contribution in [3.05, 3.63) is 0 Å². The van der Waals surface area contributed by atoms with Gasteiger partial charge in [-0.15, -0.1) is 0 Å². The third kappa shape index (κ3) is 3.15. The molecule has 1 heterocycles. The second-order valence-corrected chi connectivity index (χ2v) is 4.48. The molecule has 0 aromatic carbocycles. The lowest BCUT2D eigenvalue weighted by Gasteiger charge is -2.23. The Morgan fingerprint density at radius 1 is 1.36 bits per heavy atom. The van der Waals surface area contributed by atoms with Gasteiger partial charge in [0.15, 0.2) is 0 Å². The van der Waals surface area contributed by atoms with Crippen molar-refractivity contribution in [2.24, 2.45) is 5.92 Å². The molecule has 0 spiro atoms. The van der Waals surface area contributed by atoms with E-state index in [9.17, 15) is 4.79 Å². The van der Waals surface area contributed by atoms with Gasteiger partial charge in [-0.3, -0.25) is 4.79 Å². The third-order valence-corrected chi connectivity index (χ3v) is 3.49. The molecule has 82 valence electrons. The molecule has 4 nitrogen and oxygen atoms in total. The predicted octanol–water partition coefficient (Wildman–Crippen LogP) is -0.447. The summed E-state index contributed by atoms with van der Waals surface area (Å²) in [6.45, 7) is 0.596. The molecule has 1 fully saturated rings. The summed E-state index contributed by atoms with van der Waals surface area (Å²) in [6.07, 6.45) is 0.927. The zero-order valence-corrected chi connectivity index (χ0v) is 9.00. The number of hydrogen-bond donors (Lipinski definition) is 2. The molecule has 1 aliphatic rings. The van der Waals surface area contributed by atoms with E-state index in [1.54, 1.807) is 16.7 Å². The molecular formula is C9H17NO3S. The van der Waals surface area contributed by atoms with Crippen LogP contribution in [0.3, 0.4) is 0 Å². The van der Waals surface area contributed by atoms with E-state index in [0.29, 0.717) is 13.1 Å². The second kappa shape index (κ2) is 6.27. The number of nitrogens with zero attached hydrogens (tertiary/aromatic N) is 1. The second-order valence-electron chi connectivity index (χ2n) is 3.33. The highest BCUT2D eigenvalue weighted by atomic mass is 32.2. The zero-order valence-electron chi connectivity index (χ0n) is 8.19. The zero-order chi connectivity index (χ0) is 10.4. The summed E-state index contributed by atoms with van der Waals surface area (Å²) in [5.41, 5.74) is 0. The van der Waals surface area contributed by atoms with Crippen LogP contribution in [0.5, 0.6) is 0 Å². The van der Waals surface area contributed by atoms with E-state index in [1.807, 2.05) is 0 Å². The van der Waals surface area contributed by atoms with E-state index in [2.05, 4.69) is 0 Å². The topological polar surface area (TPSA) is 60.8 Å². The Morgan fingerprint density at radius 2 is 2.00 bits per heavy atom. The van der Waals surface area contributed by atoms with E-state index in [1.165, 1.54) is 0 Å². The largest absolute Gasteiger partial charge is 0.395 e. The van der Waals surface area contributed by atoms with E-state index in [-0.39, 0.29) is 25.0 Å². The molecule has 2 N–H and O–H groups in total. The summed E-state index contributed by atoms with van der Waals surface area (Å²) < 4.78 is 0. The molecule has 0 aliphatic carbocycles. The molecule has 1 unspecified atom stereocenters. The summed E-state index contributed by atoms with van der Waals surface area (Å²) >= 11 is 1.79. The van der Waals surface area contributed by atoms with Gasteiger partial charge >= 0.3 is 0 Å². The van der Waals surface area contributed by atoms with Crippen molar-refractivity contribution in [3.8, 4) is 0 Å². The van der Waals surface area contributed by atoms with E-state index < -0.39 is 0 Å². The maximum absolute atomic E-state index is 11.8. The van der Waals surface area contributed by atoms with Crippen LogP contribution in [0.2, 0.25) is 0 Å². The Morgan fingerprint density at radius 3 is 2.43 bits per heavy atom. The fraction of sp³-hybridized carbons (Fsp3) is 0.889. The van der Waals surface area contributed by atoms with Gasteiger partial charge in [-0.05, 0) is 12.2 Å². The standard InChI is InChI=1S/C9H17NO3S/c11-4-2-10(3-5-12)9(13)8-1-6-14-7-8/h8,11-12H,1-7H2. The smallest absolute Gasteiger partial charge is 0.226 e. The summed E-state index contributed by atoms with van der Waals surface area (Å²) in [5.74, 6) is 2.10. The Bertz CT molecular complexity index is 177. The third-order valence-electron chi connectivity index (χ3n) is 2.33. The molecule has 0 aromatic heterocycles. The minimum Gasteiger partial charge on any atom is -0.395 e. The molecule has 1 aliphatic heterocycles. The molecular weight excluding hydrogens is 202 g/mol. The molecule has 1 rings (SSSR count). The summed E-state index contributed by atoms with van der Waals surface area (Å²) in [6, 6.07) is 0. The monoisotopic (exact) mass is 219 g/mol. The molecule has 0 saturated carbocycles. The Kier molecular flexibility index (Phi) is 5.29. The van der Waals surface area contributed by atoms with Gasteiger partial charge in [0.25, 0.3) is 0 Å². The lowest BCUT2D eigenvalue weighted by molar-refractivity contribution is -0.135. The summed E-state index contributed by atoms with van der Waals surface area (Å²) in [7, 11) is 0. The lowest BCUT2D eigenvalue weighted by Crippen LogP contribution is -2.39. The fourth-order valence-electron chi connectivity index (χ4n) is 1.56. The van der Waals surface area contributed by atoms with Gasteiger partial charge in [0.05, 0.1) is 13.2 Å². The van der Waals surface area contributed by atoms with Gasteiger partial charge in [-0.25, -0.2) is 0 Å². The first-order valence-corrected chi connectivity index (χ1v) is 6.03. The predicted molar refractivity (Wildman–Crippen MR) is 56.2 cm³/mol. The van der Waals surface area contributed by atoms with Gasteiger partial charge < -0.3 is 15.1 Å². The first-order valence-electron chi connectivity index (χ1n) is 4.88. The Labute approximate surface area is 88.3 Å². The highest BCUT2D eigenvalue weighted by Crippen LogP contribution is 2.24. The number of hydrogen-bond acceptors (Lipinski definition) is 4. The van der Waals surface area contributed by atoms with E-state index >= 15 is 0 Å². The van der Waals surface area contributed by atoms with Gasteiger partial charge in [0.2, 0.25) is 5.91 Å². The number of carbonyl (C=O) groups excluding carboxylic acids is 1. The van der Waals surface area contributed by atoms with Crippen LogP contribution < -0.4 is 0 Å². The highest BCUT2D eigenvalue weighted by molar-refractivity contribution is 7.99. The van der Waals surface area contributed by atoms with Crippen LogP contribution in [0.25, 0.3) is 0 Å². The summed E-state index contributed by atoms with van der Waals surface area (Å²) in [4.78, 5) is 13.4. The number of carbonyl (C=O) groups is 1. The van der Waals surface area contributed by atoms with Crippen molar-refractivity contribution in [1.82, 2.24) is 4.90 Å². The van der Waals surface area contributed by atoms with Crippen molar-refractivity contribution in [2.45, 2.75) is 6.42 Å². The van der Waals surface area contributed by atoms with Crippen LogP contribution >= 0.6 is 11.8 Å². The van der Waals surface area contributed by atoms with Crippen molar-refractivity contribution in [3.63, 3.8) is 0 Å². The number of aliphatic hydroxyl groups excluding tert-OH is 2. The van der Waals surface area contributed by atoms with Crippen molar-refractivity contribution < 1.29 is 15.0 Å². The van der Waals surface area contributed by atoms with Crippen LogP contribution in [0.4, 0.5) is 0 Å². The number of amides is 1. The quantitative estimate of drug-likeness (QED) is 0.657. The molecule has 14 heavy (non-hydrogen) atoms. The molecule has 1 atom stereocenters. The molecule has 0 radical (unpaired) electrons. The first kappa shape index (κ1) is 11.8. The van der Waals surface area contributed by atoms with E-state index in [0.717, 1.165) is 17.9 Å². The molecule has 1 saturated heterocycles. The maximum Gasteiger partial charge on any atom is 0.226 e. The average Bonchev–Trinajstić information content (AvgIpc) is 2.69. The van der Waals surface area contributed by atoms with Crippen molar-refractivity contribution in [2.75, 3.05) is 37.8 Å². The Balaban J connectivity index is 2.43. The minimum atomic E-state index is -0.0361. The Hall–Kier alpha value is -0.260. The number of thioether (sulfide) groups is 1. The van der Waals surface area contributed by atoms with Gasteiger partial charge in [0, 0.05) is 24.8 Å². The van der Waals surface area contributed by atoms with Gasteiger partial charge in [-0.2, -0.15) is 11.8 Å². The average molecular weight is 219 g/mol. The van der Waals surface area contributed by atoms with Crippen molar-refractivity contribution >= 4 is 17.7 Å². The SMILES string of the molecule is O=C(C1CCSC1)N(CCO)CCO. The lowest BCUT2D eigenvalue weighted by atomic mass is 10.1. The molecule has 0 bridgehead atoms. The minimum absolute atomic E-state index is 0.0361. The highest BCUT2D eigenvalue weighted by Gasteiger charge is 2.26. The summed E-state index contributed by atoms with van der Waals surface area (Å²) in [5, 5.41) is 17.5. The van der Waals surface area contributed by atoms with Crippen LogP contribution in [0.1, 0.15) is 6.42 Å². The number of rotatable bonds is 5. The molecule has 5 heteroatoms. The maximum atomic E-state index is 11.8. The van der Waals surface area contributed by atoms with Crippen LogP contribution in [-0.2, 0) is 4.79 Å². The molecule has 0 aromatic rings. The first-order chi connectivity index (χ1) is 6.79. The molecule has 1 amide bonds.